The summed E-state index contributed by atoms with van der Waals surface area (Å²) < 4.78 is 14.8. The Morgan fingerprint density at radius 3 is 2.52 bits per heavy atom. The van der Waals surface area contributed by atoms with E-state index in [1.807, 2.05) is 0 Å². The van der Waals surface area contributed by atoms with E-state index in [9.17, 15) is 9.59 Å². The first-order valence-electron chi connectivity index (χ1n) is 6.57. The minimum Gasteiger partial charge on any atom is -0.497 e. The van der Waals surface area contributed by atoms with E-state index in [1.54, 1.807) is 45.2 Å². The second-order valence-electron chi connectivity index (χ2n) is 3.89. The van der Waals surface area contributed by atoms with E-state index < -0.39 is 11.9 Å². The van der Waals surface area contributed by atoms with E-state index in [-0.39, 0.29) is 18.9 Å². The highest BCUT2D eigenvalue weighted by atomic mass is 16.5. The Kier molecular flexibility index (Phi) is 6.80. The highest BCUT2D eigenvalue weighted by molar-refractivity contribution is 5.98. The van der Waals surface area contributed by atoms with Gasteiger partial charge in [0.05, 0.1) is 26.4 Å². The van der Waals surface area contributed by atoms with Crippen molar-refractivity contribution in [1.29, 1.82) is 0 Å². The Labute approximate surface area is 123 Å². The summed E-state index contributed by atoms with van der Waals surface area (Å²) in [6, 6.07) is 6.96. The fourth-order valence-electron chi connectivity index (χ4n) is 1.51. The Bertz CT molecular complexity index is 525. The second kappa shape index (κ2) is 8.63. The maximum atomic E-state index is 11.8. The zero-order valence-electron chi connectivity index (χ0n) is 12.3. The highest BCUT2D eigenvalue weighted by Crippen LogP contribution is 2.18. The minimum atomic E-state index is -0.631. The number of hydrogen-bond acceptors (Lipinski definition) is 6. The van der Waals surface area contributed by atoms with Crippen molar-refractivity contribution in [2.75, 3.05) is 25.6 Å². The van der Waals surface area contributed by atoms with Gasteiger partial charge < -0.3 is 19.5 Å². The van der Waals surface area contributed by atoms with Crippen LogP contribution in [-0.4, -0.2) is 32.3 Å². The van der Waals surface area contributed by atoms with E-state index in [2.05, 4.69) is 5.32 Å². The van der Waals surface area contributed by atoms with Gasteiger partial charge in [0.1, 0.15) is 11.4 Å². The van der Waals surface area contributed by atoms with Gasteiger partial charge in [0.2, 0.25) is 0 Å². The molecule has 0 aromatic heterocycles. The van der Waals surface area contributed by atoms with Crippen molar-refractivity contribution < 1.29 is 23.8 Å². The molecule has 1 aromatic carbocycles. The molecule has 6 nitrogen and oxygen atoms in total. The molecule has 21 heavy (non-hydrogen) atoms. The molecule has 6 heteroatoms. The lowest BCUT2D eigenvalue weighted by molar-refractivity contribution is -0.140. The van der Waals surface area contributed by atoms with Crippen LogP contribution >= 0.6 is 0 Å². The number of benzene rings is 1. The number of rotatable bonds is 7. The van der Waals surface area contributed by atoms with Crippen LogP contribution in [0, 0.1) is 0 Å². The van der Waals surface area contributed by atoms with Crippen molar-refractivity contribution in [3.05, 3.63) is 36.0 Å². The molecule has 0 aliphatic carbocycles. The van der Waals surface area contributed by atoms with Crippen molar-refractivity contribution in [2.45, 2.75) is 13.8 Å². The molecule has 0 aliphatic rings. The number of ether oxygens (including phenoxy) is 3. The quantitative estimate of drug-likeness (QED) is 0.613. The normalized spacial score (nSPS) is 10.7. The summed E-state index contributed by atoms with van der Waals surface area (Å²) in [5, 5.41) is 2.83. The zero-order valence-corrected chi connectivity index (χ0v) is 12.3. The van der Waals surface area contributed by atoms with Gasteiger partial charge in [-0.15, -0.1) is 0 Å². The molecular formula is C15H19NO5. The third kappa shape index (κ3) is 5.56. The third-order valence-electron chi connectivity index (χ3n) is 2.39. The molecule has 0 saturated heterocycles. The van der Waals surface area contributed by atoms with Crippen molar-refractivity contribution in [3.63, 3.8) is 0 Å². The molecule has 0 amide bonds. The molecule has 0 atom stereocenters. The van der Waals surface area contributed by atoms with E-state index >= 15 is 0 Å². The standard InChI is InChI=1S/C15H19NO5/c1-4-20-14(17)10-13(15(18)21-5-2)16-11-7-6-8-12(9-11)19-3/h6-10,16H,4-5H2,1-3H3/b13-10+. The Hall–Kier alpha value is -2.50. The molecular weight excluding hydrogens is 274 g/mol. The first-order valence-corrected chi connectivity index (χ1v) is 6.57. The number of carbonyl (C=O) groups is 2. The first-order chi connectivity index (χ1) is 10.1. The summed E-state index contributed by atoms with van der Waals surface area (Å²) in [6.07, 6.45) is 1.07. The monoisotopic (exact) mass is 293 g/mol. The van der Waals surface area contributed by atoms with Crippen LogP contribution in [0.1, 0.15) is 13.8 Å². The molecule has 1 N–H and O–H groups in total. The molecule has 0 spiro atoms. The van der Waals surface area contributed by atoms with E-state index in [1.165, 1.54) is 0 Å². The molecule has 0 heterocycles. The molecule has 0 unspecified atom stereocenters. The van der Waals surface area contributed by atoms with Crippen LogP contribution < -0.4 is 10.1 Å². The Balaban J connectivity index is 2.95. The van der Waals surface area contributed by atoms with Crippen molar-refractivity contribution in [2.24, 2.45) is 0 Å². The number of hydrogen-bond donors (Lipinski definition) is 1. The lowest BCUT2D eigenvalue weighted by Crippen LogP contribution is -2.17. The first kappa shape index (κ1) is 16.6. The summed E-state index contributed by atoms with van der Waals surface area (Å²) in [4.78, 5) is 23.4. The number of carbonyl (C=O) groups excluding carboxylic acids is 2. The molecule has 0 saturated carbocycles. The van der Waals surface area contributed by atoms with Gasteiger partial charge in [-0.25, -0.2) is 9.59 Å². The van der Waals surface area contributed by atoms with Crippen LogP contribution in [0.5, 0.6) is 5.75 Å². The smallest absolute Gasteiger partial charge is 0.355 e. The summed E-state index contributed by atoms with van der Waals surface area (Å²) in [7, 11) is 1.54. The molecule has 1 aromatic rings. The zero-order chi connectivity index (χ0) is 15.7. The van der Waals surface area contributed by atoms with Gasteiger partial charge in [-0.2, -0.15) is 0 Å². The molecule has 0 aliphatic heterocycles. The fraction of sp³-hybridized carbons (Fsp3) is 0.333. The number of anilines is 1. The van der Waals surface area contributed by atoms with Crippen LogP contribution in [0.25, 0.3) is 0 Å². The van der Waals surface area contributed by atoms with Crippen LogP contribution in [0.2, 0.25) is 0 Å². The van der Waals surface area contributed by atoms with Crippen molar-refractivity contribution >= 4 is 17.6 Å². The molecule has 1 rings (SSSR count). The minimum absolute atomic E-state index is 0.00329. The summed E-state index contributed by atoms with van der Waals surface area (Å²) in [6.45, 7) is 3.81. The van der Waals surface area contributed by atoms with Crippen LogP contribution in [0.4, 0.5) is 5.69 Å². The maximum absolute atomic E-state index is 11.8. The second-order valence-corrected chi connectivity index (χ2v) is 3.89. The fourth-order valence-corrected chi connectivity index (χ4v) is 1.51. The Morgan fingerprint density at radius 1 is 1.19 bits per heavy atom. The average Bonchev–Trinajstić information content (AvgIpc) is 2.47. The number of esters is 2. The predicted molar refractivity (Wildman–Crippen MR) is 78.0 cm³/mol. The largest absolute Gasteiger partial charge is 0.497 e. The van der Waals surface area contributed by atoms with Crippen LogP contribution in [0.15, 0.2) is 36.0 Å². The summed E-state index contributed by atoms with van der Waals surface area (Å²) in [5.74, 6) is -0.622. The third-order valence-corrected chi connectivity index (χ3v) is 2.39. The van der Waals surface area contributed by atoms with Crippen LogP contribution in [-0.2, 0) is 19.1 Å². The lowest BCUT2D eigenvalue weighted by atomic mass is 10.2. The number of methoxy groups -OCH3 is 1. The van der Waals surface area contributed by atoms with E-state index in [0.717, 1.165) is 6.08 Å². The molecule has 0 fully saturated rings. The molecule has 0 radical (unpaired) electrons. The van der Waals surface area contributed by atoms with Gasteiger partial charge in [-0.1, -0.05) is 6.07 Å². The lowest BCUT2D eigenvalue weighted by Gasteiger charge is -2.11. The van der Waals surface area contributed by atoms with Gasteiger partial charge in [0.15, 0.2) is 0 Å². The van der Waals surface area contributed by atoms with Gasteiger partial charge in [0, 0.05) is 11.8 Å². The Morgan fingerprint density at radius 2 is 1.90 bits per heavy atom. The van der Waals surface area contributed by atoms with Crippen LogP contribution in [0.3, 0.4) is 0 Å². The van der Waals surface area contributed by atoms with Gasteiger partial charge in [-0.05, 0) is 26.0 Å². The topological polar surface area (TPSA) is 73.9 Å². The maximum Gasteiger partial charge on any atom is 0.355 e. The summed E-state index contributed by atoms with van der Waals surface area (Å²) in [5.41, 5.74) is 0.599. The van der Waals surface area contributed by atoms with Gasteiger partial charge in [-0.3, -0.25) is 0 Å². The highest BCUT2D eigenvalue weighted by Gasteiger charge is 2.14. The summed E-state index contributed by atoms with van der Waals surface area (Å²) >= 11 is 0. The number of nitrogens with one attached hydrogen (secondary N) is 1. The van der Waals surface area contributed by atoms with E-state index in [4.69, 9.17) is 14.2 Å². The van der Waals surface area contributed by atoms with Gasteiger partial charge in [0.25, 0.3) is 0 Å². The SMILES string of the molecule is CCOC(=O)/C=C(/Nc1cccc(OC)c1)C(=O)OCC. The van der Waals surface area contributed by atoms with Crippen molar-refractivity contribution in [3.8, 4) is 5.75 Å². The molecule has 114 valence electrons. The average molecular weight is 293 g/mol. The molecule has 0 bridgehead atoms. The van der Waals surface area contributed by atoms with Crippen molar-refractivity contribution in [1.82, 2.24) is 0 Å². The van der Waals surface area contributed by atoms with Gasteiger partial charge >= 0.3 is 11.9 Å². The van der Waals surface area contributed by atoms with E-state index in [0.29, 0.717) is 11.4 Å². The predicted octanol–water partition coefficient (Wildman–Crippen LogP) is 2.12.